The summed E-state index contributed by atoms with van der Waals surface area (Å²) in [7, 11) is 2.08. The molecule has 35 heavy (non-hydrogen) atoms. The van der Waals surface area contributed by atoms with Gasteiger partial charge < -0.3 is 29.6 Å². The fraction of sp³-hybridized carbons (Fsp3) is 0.464. The minimum Gasteiger partial charge on any atom is -0.494 e. The Morgan fingerprint density at radius 2 is 1.91 bits per heavy atom. The van der Waals surface area contributed by atoms with Crippen molar-refractivity contribution in [2.45, 2.75) is 64.1 Å². The molecule has 1 aliphatic rings. The van der Waals surface area contributed by atoms with Gasteiger partial charge in [-0.1, -0.05) is 18.2 Å². The molecule has 0 amide bonds. The molecular formula is C28H35N3O4. The van der Waals surface area contributed by atoms with Gasteiger partial charge in [0.05, 0.1) is 29.8 Å². The summed E-state index contributed by atoms with van der Waals surface area (Å²) in [5, 5.41) is 13.4. The van der Waals surface area contributed by atoms with Gasteiger partial charge in [0.15, 0.2) is 6.29 Å². The van der Waals surface area contributed by atoms with Crippen LogP contribution >= 0.6 is 0 Å². The number of nitrogens with two attached hydrogens (primary N) is 1. The first-order valence-electron chi connectivity index (χ1n) is 12.5. The number of aromatic nitrogens is 2. The van der Waals surface area contributed by atoms with E-state index in [2.05, 4.69) is 54.9 Å². The van der Waals surface area contributed by atoms with Gasteiger partial charge >= 0.3 is 0 Å². The average molecular weight is 478 g/mol. The summed E-state index contributed by atoms with van der Waals surface area (Å²) < 4.78 is 19.7. The van der Waals surface area contributed by atoms with Crippen molar-refractivity contribution in [2.75, 3.05) is 13.2 Å². The number of aliphatic hydroxyl groups excluding tert-OH is 1. The SMILES string of the molecule is Cc1c2cc(OCCCCCO[C@H]3C[C@H](N)[C@H](O)[C@H](C)O3)ccc2nc2c1c1ccccc1n2C. The smallest absolute Gasteiger partial charge is 0.159 e. The molecule has 2 aromatic heterocycles. The van der Waals surface area contributed by atoms with Crippen molar-refractivity contribution < 1.29 is 19.3 Å². The van der Waals surface area contributed by atoms with Gasteiger partial charge in [-0.05, 0) is 62.9 Å². The van der Waals surface area contributed by atoms with E-state index in [-0.39, 0.29) is 18.4 Å². The van der Waals surface area contributed by atoms with Gasteiger partial charge in [0.2, 0.25) is 0 Å². The topological polar surface area (TPSA) is 91.8 Å². The van der Waals surface area contributed by atoms with Crippen LogP contribution in [0.25, 0.3) is 32.8 Å². The van der Waals surface area contributed by atoms with Crippen molar-refractivity contribution in [1.82, 2.24) is 9.55 Å². The highest BCUT2D eigenvalue weighted by molar-refractivity contribution is 6.12. The normalized spacial score (nSPS) is 22.9. The monoisotopic (exact) mass is 477 g/mol. The molecule has 0 aliphatic carbocycles. The molecule has 4 aromatic rings. The Labute approximate surface area is 205 Å². The van der Waals surface area contributed by atoms with Gasteiger partial charge in [-0.3, -0.25) is 0 Å². The average Bonchev–Trinajstić information content (AvgIpc) is 3.14. The first kappa shape index (κ1) is 24.0. The van der Waals surface area contributed by atoms with Crippen LogP contribution in [0, 0.1) is 6.92 Å². The molecule has 0 saturated carbocycles. The number of para-hydroxylation sites is 1. The van der Waals surface area contributed by atoms with Crippen LogP contribution in [0.15, 0.2) is 42.5 Å². The molecule has 0 radical (unpaired) electrons. The Balaban J connectivity index is 1.16. The molecule has 4 atom stereocenters. The third-order valence-corrected chi connectivity index (χ3v) is 7.16. The molecule has 0 spiro atoms. The second-order valence-electron chi connectivity index (χ2n) is 9.63. The second-order valence-corrected chi connectivity index (χ2v) is 9.63. The maximum Gasteiger partial charge on any atom is 0.159 e. The van der Waals surface area contributed by atoms with Crippen LogP contribution < -0.4 is 10.5 Å². The molecule has 186 valence electrons. The highest BCUT2D eigenvalue weighted by atomic mass is 16.7. The van der Waals surface area contributed by atoms with Gasteiger partial charge in [0.1, 0.15) is 11.4 Å². The lowest BCUT2D eigenvalue weighted by atomic mass is 10.0. The Bertz CT molecular complexity index is 1320. The minimum absolute atomic E-state index is 0.297. The Kier molecular flexibility index (Phi) is 6.93. The molecule has 7 nitrogen and oxygen atoms in total. The fourth-order valence-electron chi connectivity index (χ4n) is 5.11. The quantitative estimate of drug-likeness (QED) is 0.361. The van der Waals surface area contributed by atoms with E-state index in [0.29, 0.717) is 19.6 Å². The number of unbranched alkanes of at least 4 members (excludes halogenated alkanes) is 2. The zero-order valence-electron chi connectivity index (χ0n) is 20.7. The van der Waals surface area contributed by atoms with Gasteiger partial charge in [0.25, 0.3) is 0 Å². The third-order valence-electron chi connectivity index (χ3n) is 7.16. The number of rotatable bonds is 8. The number of aliphatic hydroxyl groups is 1. The summed E-state index contributed by atoms with van der Waals surface area (Å²) in [6, 6.07) is 14.3. The molecule has 1 saturated heterocycles. The molecule has 2 aromatic carbocycles. The first-order valence-corrected chi connectivity index (χ1v) is 12.5. The van der Waals surface area contributed by atoms with Crippen LogP contribution in [0.2, 0.25) is 0 Å². The van der Waals surface area contributed by atoms with E-state index in [4.69, 9.17) is 24.9 Å². The van der Waals surface area contributed by atoms with Crippen LogP contribution in [0.3, 0.4) is 0 Å². The third kappa shape index (κ3) is 4.74. The van der Waals surface area contributed by atoms with Crippen LogP contribution in [-0.4, -0.2) is 52.4 Å². The van der Waals surface area contributed by atoms with Crippen molar-refractivity contribution in [3.05, 3.63) is 48.0 Å². The minimum atomic E-state index is -0.625. The Morgan fingerprint density at radius 1 is 1.11 bits per heavy atom. The number of hydrogen-bond acceptors (Lipinski definition) is 6. The molecule has 1 aliphatic heterocycles. The lowest BCUT2D eigenvalue weighted by molar-refractivity contribution is -0.222. The lowest BCUT2D eigenvalue weighted by Gasteiger charge is -2.35. The molecule has 0 bridgehead atoms. The predicted octanol–water partition coefficient (Wildman–Crippen LogP) is 4.58. The summed E-state index contributed by atoms with van der Waals surface area (Å²) in [4.78, 5) is 4.96. The van der Waals surface area contributed by atoms with Gasteiger partial charge in [-0.2, -0.15) is 0 Å². The fourth-order valence-corrected chi connectivity index (χ4v) is 5.11. The summed E-state index contributed by atoms with van der Waals surface area (Å²) in [6.45, 7) is 5.27. The van der Waals surface area contributed by atoms with E-state index >= 15 is 0 Å². The molecule has 1 fully saturated rings. The summed E-state index contributed by atoms with van der Waals surface area (Å²) in [5.41, 5.74) is 10.4. The van der Waals surface area contributed by atoms with Gasteiger partial charge in [0, 0.05) is 42.3 Å². The molecule has 0 unspecified atom stereocenters. The second kappa shape index (κ2) is 10.1. The largest absolute Gasteiger partial charge is 0.494 e. The summed E-state index contributed by atoms with van der Waals surface area (Å²) in [6.07, 6.45) is 2.14. The number of fused-ring (bicyclic) bond motifs is 4. The van der Waals surface area contributed by atoms with Crippen LogP contribution in [0.1, 0.15) is 38.2 Å². The predicted molar refractivity (Wildman–Crippen MR) is 139 cm³/mol. The van der Waals surface area contributed by atoms with Crippen molar-refractivity contribution in [1.29, 1.82) is 0 Å². The molecule has 3 N–H and O–H groups in total. The van der Waals surface area contributed by atoms with E-state index in [9.17, 15) is 5.11 Å². The summed E-state index contributed by atoms with van der Waals surface area (Å²) >= 11 is 0. The van der Waals surface area contributed by atoms with Crippen molar-refractivity contribution in [2.24, 2.45) is 12.8 Å². The van der Waals surface area contributed by atoms with Gasteiger partial charge in [-0.25, -0.2) is 4.98 Å². The Hall–Kier alpha value is -2.71. The summed E-state index contributed by atoms with van der Waals surface area (Å²) in [5.74, 6) is 0.871. The van der Waals surface area contributed by atoms with E-state index in [1.54, 1.807) is 0 Å². The molecule has 5 rings (SSSR count). The maximum atomic E-state index is 9.87. The first-order chi connectivity index (χ1) is 16.9. The number of hydrogen-bond donors (Lipinski definition) is 2. The van der Waals surface area contributed by atoms with E-state index < -0.39 is 6.10 Å². The zero-order chi connectivity index (χ0) is 24.5. The van der Waals surface area contributed by atoms with Crippen LogP contribution in [0.4, 0.5) is 0 Å². The van der Waals surface area contributed by atoms with Crippen molar-refractivity contribution in [3.8, 4) is 5.75 Å². The van der Waals surface area contributed by atoms with E-state index in [1.165, 1.54) is 21.9 Å². The zero-order valence-corrected chi connectivity index (χ0v) is 20.7. The molecular weight excluding hydrogens is 442 g/mol. The number of ether oxygens (including phenoxy) is 3. The number of benzene rings is 2. The van der Waals surface area contributed by atoms with Gasteiger partial charge in [-0.15, -0.1) is 0 Å². The highest BCUT2D eigenvalue weighted by Crippen LogP contribution is 2.34. The Morgan fingerprint density at radius 3 is 2.74 bits per heavy atom. The molecule has 7 heteroatoms. The van der Waals surface area contributed by atoms with E-state index in [0.717, 1.165) is 41.6 Å². The van der Waals surface area contributed by atoms with Crippen LogP contribution in [-0.2, 0) is 16.5 Å². The van der Waals surface area contributed by atoms with Crippen molar-refractivity contribution in [3.63, 3.8) is 0 Å². The maximum absolute atomic E-state index is 9.87. The number of nitrogens with zero attached hydrogens (tertiary/aromatic N) is 2. The van der Waals surface area contributed by atoms with Crippen LogP contribution in [0.5, 0.6) is 5.75 Å². The van der Waals surface area contributed by atoms with Crippen molar-refractivity contribution >= 4 is 32.8 Å². The number of aryl methyl sites for hydroxylation is 2. The van der Waals surface area contributed by atoms with E-state index in [1.807, 2.05) is 13.0 Å². The standard InChI is InChI=1S/C28H35N3O4/c1-17-21-15-19(33-13-7-4-8-14-34-25-16-22(29)27(32)18(2)35-25)11-12-23(21)30-28-26(17)20-9-5-6-10-24(20)31(28)3/h5-6,9-12,15,18,22,25,27,32H,4,7-8,13-14,16,29H2,1-3H3/t18-,22-,25+,27+/m0/s1. The lowest BCUT2D eigenvalue weighted by Crippen LogP contribution is -2.51. The molecule has 3 heterocycles. The highest BCUT2D eigenvalue weighted by Gasteiger charge is 2.33. The number of pyridine rings is 1.